The van der Waals surface area contributed by atoms with E-state index in [0.29, 0.717) is 5.92 Å². The van der Waals surface area contributed by atoms with Crippen LogP contribution in [0.4, 0.5) is 0 Å². The number of hydrogen-bond donors (Lipinski definition) is 1. The Hall–Kier alpha value is -0.570. The summed E-state index contributed by atoms with van der Waals surface area (Å²) in [7, 11) is 0. The predicted molar refractivity (Wildman–Crippen MR) is 49.2 cm³/mol. The van der Waals surface area contributed by atoms with Crippen molar-refractivity contribution in [2.75, 3.05) is 13.1 Å². The summed E-state index contributed by atoms with van der Waals surface area (Å²) in [5, 5.41) is 0.793. The van der Waals surface area contributed by atoms with E-state index in [1.165, 1.54) is 5.56 Å². The number of nitrogens with zero attached hydrogens (tertiary/aromatic N) is 1. The van der Waals surface area contributed by atoms with Crippen molar-refractivity contribution in [2.45, 2.75) is 5.92 Å². The molecule has 1 fully saturated rings. The summed E-state index contributed by atoms with van der Waals surface area (Å²) in [5.74, 6) is 0.530. The molecule has 2 rings (SSSR count). The van der Waals surface area contributed by atoms with E-state index < -0.39 is 0 Å². The first-order chi connectivity index (χ1) is 5.86. The Morgan fingerprint density at radius 2 is 2.08 bits per heavy atom. The molecule has 0 spiro atoms. The fourth-order valence-electron chi connectivity index (χ4n) is 1.37. The third-order valence-electron chi connectivity index (χ3n) is 2.10. The maximum absolute atomic E-state index is 5.78. The second-order valence-electron chi connectivity index (χ2n) is 2.95. The lowest BCUT2D eigenvalue weighted by atomic mass is 10.0. The molecule has 1 heterocycles. The molecule has 1 aromatic rings. The zero-order chi connectivity index (χ0) is 8.39. The first kappa shape index (κ1) is 8.05. The quantitative estimate of drug-likeness (QED) is 0.699. The third kappa shape index (κ3) is 1.61. The lowest BCUT2D eigenvalue weighted by Gasteiger charge is -2.06. The van der Waals surface area contributed by atoms with Crippen molar-refractivity contribution < 1.29 is 0 Å². The lowest BCUT2D eigenvalue weighted by molar-refractivity contribution is 0.673. The molecule has 1 aliphatic rings. The first-order valence-corrected chi connectivity index (χ1v) is 4.39. The van der Waals surface area contributed by atoms with Gasteiger partial charge in [0, 0.05) is 24.0 Å². The SMILES string of the molecule is Clc1ccc(C2C[N]NC2)cc1. The van der Waals surface area contributed by atoms with Gasteiger partial charge in [0.25, 0.3) is 0 Å². The summed E-state index contributed by atoms with van der Waals surface area (Å²) in [6.07, 6.45) is 0. The summed E-state index contributed by atoms with van der Waals surface area (Å²) in [6, 6.07) is 7.98. The first-order valence-electron chi connectivity index (χ1n) is 4.01. The zero-order valence-corrected chi connectivity index (χ0v) is 7.38. The molecular weight excluding hydrogens is 172 g/mol. The van der Waals surface area contributed by atoms with Gasteiger partial charge < -0.3 is 0 Å². The molecule has 1 unspecified atom stereocenters. The Bertz CT molecular complexity index is 252. The number of nitrogens with one attached hydrogen (secondary N) is 1. The van der Waals surface area contributed by atoms with E-state index in [0.717, 1.165) is 18.1 Å². The van der Waals surface area contributed by atoms with Crippen LogP contribution in [-0.4, -0.2) is 13.1 Å². The normalized spacial score (nSPS) is 18.4. The van der Waals surface area contributed by atoms with Crippen molar-refractivity contribution in [3.8, 4) is 0 Å². The topological polar surface area (TPSA) is 26.1 Å². The molecule has 12 heavy (non-hydrogen) atoms. The average Bonchev–Trinajstić information content (AvgIpc) is 2.58. The van der Waals surface area contributed by atoms with Crippen LogP contribution in [0, 0.1) is 0 Å². The van der Waals surface area contributed by atoms with Gasteiger partial charge in [-0.05, 0) is 17.7 Å². The van der Waals surface area contributed by atoms with E-state index in [1.54, 1.807) is 0 Å². The molecule has 1 N–H and O–H groups in total. The van der Waals surface area contributed by atoms with Crippen molar-refractivity contribution in [3.63, 3.8) is 0 Å². The fraction of sp³-hybridized carbons (Fsp3) is 0.333. The molecule has 0 amide bonds. The molecule has 0 aliphatic carbocycles. The largest absolute Gasteiger partial charge is 0.240 e. The molecule has 0 aromatic heterocycles. The van der Waals surface area contributed by atoms with Gasteiger partial charge in [-0.1, -0.05) is 23.7 Å². The van der Waals surface area contributed by atoms with E-state index >= 15 is 0 Å². The standard InChI is InChI=1S/C9H10ClN2/c10-9-3-1-7(2-4-9)8-5-11-12-6-8/h1-4,8,11H,5-6H2. The molecule has 3 heteroatoms. The van der Waals surface area contributed by atoms with Crippen LogP contribution in [0.3, 0.4) is 0 Å². The zero-order valence-electron chi connectivity index (χ0n) is 6.63. The fourth-order valence-corrected chi connectivity index (χ4v) is 1.50. The van der Waals surface area contributed by atoms with Gasteiger partial charge in [-0.2, -0.15) is 5.43 Å². The van der Waals surface area contributed by atoms with Crippen molar-refractivity contribution in [1.29, 1.82) is 0 Å². The van der Waals surface area contributed by atoms with Crippen LogP contribution in [0.5, 0.6) is 0 Å². The van der Waals surface area contributed by atoms with Gasteiger partial charge in [-0.3, -0.25) is 0 Å². The monoisotopic (exact) mass is 181 g/mol. The highest BCUT2D eigenvalue weighted by molar-refractivity contribution is 6.30. The second-order valence-corrected chi connectivity index (χ2v) is 3.39. The number of rotatable bonds is 1. The Balaban J connectivity index is 2.17. The Morgan fingerprint density at radius 1 is 1.33 bits per heavy atom. The van der Waals surface area contributed by atoms with Crippen molar-refractivity contribution in [2.24, 2.45) is 0 Å². The summed E-state index contributed by atoms with van der Waals surface area (Å²) in [5.41, 5.74) is 8.37. The maximum Gasteiger partial charge on any atom is 0.0406 e. The average molecular weight is 182 g/mol. The maximum atomic E-state index is 5.78. The van der Waals surface area contributed by atoms with Gasteiger partial charge in [-0.25, -0.2) is 5.43 Å². The molecule has 63 valence electrons. The van der Waals surface area contributed by atoms with Crippen LogP contribution in [0.2, 0.25) is 5.02 Å². The highest BCUT2D eigenvalue weighted by Crippen LogP contribution is 2.19. The highest BCUT2D eigenvalue weighted by Gasteiger charge is 2.16. The van der Waals surface area contributed by atoms with Gasteiger partial charge in [0.2, 0.25) is 0 Å². The molecule has 1 aromatic carbocycles. The van der Waals surface area contributed by atoms with E-state index in [2.05, 4.69) is 23.0 Å². The predicted octanol–water partition coefficient (Wildman–Crippen LogP) is 1.55. The Morgan fingerprint density at radius 3 is 2.67 bits per heavy atom. The molecule has 1 saturated heterocycles. The number of halogens is 1. The van der Waals surface area contributed by atoms with Gasteiger partial charge in [0.15, 0.2) is 0 Å². The summed E-state index contributed by atoms with van der Waals surface area (Å²) in [6.45, 7) is 1.82. The van der Waals surface area contributed by atoms with Gasteiger partial charge >= 0.3 is 0 Å². The molecular formula is C9H10ClN2. The smallest absolute Gasteiger partial charge is 0.0406 e. The van der Waals surface area contributed by atoms with Crippen LogP contribution in [0.1, 0.15) is 11.5 Å². The van der Waals surface area contributed by atoms with Gasteiger partial charge in [-0.15, -0.1) is 0 Å². The van der Waals surface area contributed by atoms with Crippen LogP contribution in [0.25, 0.3) is 0 Å². The summed E-state index contributed by atoms with van der Waals surface area (Å²) in [4.78, 5) is 0. The van der Waals surface area contributed by atoms with Crippen molar-refractivity contribution in [3.05, 3.63) is 34.9 Å². The molecule has 1 aliphatic heterocycles. The third-order valence-corrected chi connectivity index (χ3v) is 2.35. The summed E-state index contributed by atoms with van der Waals surface area (Å²) >= 11 is 5.78. The van der Waals surface area contributed by atoms with Crippen LogP contribution >= 0.6 is 11.6 Å². The number of benzene rings is 1. The molecule has 0 bridgehead atoms. The van der Waals surface area contributed by atoms with E-state index in [-0.39, 0.29) is 0 Å². The van der Waals surface area contributed by atoms with E-state index in [9.17, 15) is 0 Å². The van der Waals surface area contributed by atoms with Crippen LogP contribution in [-0.2, 0) is 0 Å². The minimum atomic E-state index is 0.530. The van der Waals surface area contributed by atoms with E-state index in [4.69, 9.17) is 11.6 Å². The van der Waals surface area contributed by atoms with Crippen LogP contribution < -0.4 is 10.9 Å². The minimum absolute atomic E-state index is 0.530. The van der Waals surface area contributed by atoms with Crippen molar-refractivity contribution >= 4 is 11.6 Å². The Kier molecular flexibility index (Phi) is 2.30. The molecule has 0 saturated carbocycles. The second kappa shape index (κ2) is 3.44. The lowest BCUT2D eigenvalue weighted by Crippen LogP contribution is -2.13. The van der Waals surface area contributed by atoms with E-state index in [1.807, 2.05) is 12.1 Å². The van der Waals surface area contributed by atoms with Crippen LogP contribution in [0.15, 0.2) is 24.3 Å². The molecule has 1 radical (unpaired) electrons. The Labute approximate surface area is 76.9 Å². The molecule has 1 atom stereocenters. The van der Waals surface area contributed by atoms with Gasteiger partial charge in [0.05, 0.1) is 0 Å². The highest BCUT2D eigenvalue weighted by atomic mass is 35.5. The van der Waals surface area contributed by atoms with Gasteiger partial charge in [0.1, 0.15) is 0 Å². The number of hydrogen-bond acceptors (Lipinski definition) is 1. The summed E-state index contributed by atoms with van der Waals surface area (Å²) < 4.78 is 0. The minimum Gasteiger partial charge on any atom is -0.240 e. The molecule has 2 nitrogen and oxygen atoms in total. The van der Waals surface area contributed by atoms with Crippen molar-refractivity contribution in [1.82, 2.24) is 10.9 Å².